The minimum absolute atomic E-state index is 0.00565. The van der Waals surface area contributed by atoms with Gasteiger partial charge in [-0.3, -0.25) is 9.59 Å². The monoisotopic (exact) mass is 307 g/mol. The zero-order chi connectivity index (χ0) is 14.7. The van der Waals surface area contributed by atoms with Crippen molar-refractivity contribution in [2.24, 2.45) is 0 Å². The first-order chi connectivity index (χ1) is 10.3. The van der Waals surface area contributed by atoms with E-state index in [2.05, 4.69) is 10.6 Å². The lowest BCUT2D eigenvalue weighted by Crippen LogP contribution is -2.52. The van der Waals surface area contributed by atoms with Gasteiger partial charge in [-0.1, -0.05) is 6.07 Å². The Morgan fingerprint density at radius 3 is 2.95 bits per heavy atom. The molecular formula is C15H21N3O2S. The van der Waals surface area contributed by atoms with Crippen LogP contribution in [-0.2, 0) is 4.79 Å². The fourth-order valence-electron chi connectivity index (χ4n) is 3.10. The van der Waals surface area contributed by atoms with Crippen LogP contribution in [0, 0.1) is 0 Å². The van der Waals surface area contributed by atoms with Gasteiger partial charge >= 0.3 is 0 Å². The number of thiophene rings is 1. The van der Waals surface area contributed by atoms with Crippen molar-refractivity contribution in [2.45, 2.75) is 37.8 Å². The molecule has 6 heteroatoms. The molecule has 114 valence electrons. The van der Waals surface area contributed by atoms with Crippen molar-refractivity contribution in [2.75, 3.05) is 19.6 Å². The Bertz CT molecular complexity index is 497. The molecule has 0 spiro atoms. The third-order valence-corrected chi connectivity index (χ3v) is 5.05. The molecule has 0 saturated carbocycles. The Labute approximate surface area is 128 Å². The molecule has 2 atom stereocenters. The highest BCUT2D eigenvalue weighted by Crippen LogP contribution is 2.22. The summed E-state index contributed by atoms with van der Waals surface area (Å²) in [5.74, 6) is -0.00414. The summed E-state index contributed by atoms with van der Waals surface area (Å²) < 4.78 is 0. The molecule has 2 N–H and O–H groups in total. The summed E-state index contributed by atoms with van der Waals surface area (Å²) in [6, 6.07) is 3.59. The van der Waals surface area contributed by atoms with Crippen molar-refractivity contribution in [3.63, 3.8) is 0 Å². The largest absolute Gasteiger partial charge is 0.350 e. The SMILES string of the molecule is O=C(N[C@H]1CCCNC1)C1CCCN1C(=O)c1cccs1. The fraction of sp³-hybridized carbons (Fsp3) is 0.600. The zero-order valence-electron chi connectivity index (χ0n) is 12.0. The predicted molar refractivity (Wildman–Crippen MR) is 82.4 cm³/mol. The molecule has 1 aromatic rings. The maximum Gasteiger partial charge on any atom is 0.264 e. The average Bonchev–Trinajstić information content (AvgIpc) is 3.19. The second-order valence-electron chi connectivity index (χ2n) is 5.69. The zero-order valence-corrected chi connectivity index (χ0v) is 12.8. The maximum atomic E-state index is 12.5. The lowest BCUT2D eigenvalue weighted by atomic mass is 10.1. The van der Waals surface area contributed by atoms with Gasteiger partial charge in [0.05, 0.1) is 4.88 Å². The Hall–Kier alpha value is -1.40. The number of hydrogen-bond acceptors (Lipinski definition) is 4. The van der Waals surface area contributed by atoms with Crippen LogP contribution in [0.3, 0.4) is 0 Å². The number of nitrogens with one attached hydrogen (secondary N) is 2. The molecule has 3 rings (SSSR count). The third kappa shape index (κ3) is 3.27. The van der Waals surface area contributed by atoms with Gasteiger partial charge in [0, 0.05) is 19.1 Å². The first kappa shape index (κ1) is 14.5. The number of nitrogens with zero attached hydrogens (tertiary/aromatic N) is 1. The predicted octanol–water partition coefficient (Wildman–Crippen LogP) is 1.22. The van der Waals surface area contributed by atoms with Crippen LogP contribution in [0.15, 0.2) is 17.5 Å². The first-order valence-corrected chi connectivity index (χ1v) is 8.49. The molecule has 0 aliphatic carbocycles. The second-order valence-corrected chi connectivity index (χ2v) is 6.63. The lowest BCUT2D eigenvalue weighted by molar-refractivity contribution is -0.125. The van der Waals surface area contributed by atoms with E-state index < -0.39 is 0 Å². The standard InChI is InChI=1S/C15H21N3O2S/c19-14(17-11-4-1-7-16-10-11)12-5-2-8-18(12)15(20)13-6-3-9-21-13/h3,6,9,11-12,16H,1-2,4-5,7-8,10H2,(H,17,19)/t11-,12?/m0/s1. The van der Waals surface area contributed by atoms with Crippen LogP contribution in [-0.4, -0.2) is 48.4 Å². The summed E-state index contributed by atoms with van der Waals surface area (Å²) in [7, 11) is 0. The van der Waals surface area contributed by atoms with Gasteiger partial charge in [-0.15, -0.1) is 11.3 Å². The lowest BCUT2D eigenvalue weighted by Gasteiger charge is -2.28. The molecule has 3 heterocycles. The van der Waals surface area contributed by atoms with Gasteiger partial charge in [0.15, 0.2) is 0 Å². The van der Waals surface area contributed by atoms with Crippen molar-refractivity contribution < 1.29 is 9.59 Å². The fourth-order valence-corrected chi connectivity index (χ4v) is 3.78. The number of amides is 2. The van der Waals surface area contributed by atoms with Crippen LogP contribution in [0.5, 0.6) is 0 Å². The number of carbonyl (C=O) groups is 2. The minimum Gasteiger partial charge on any atom is -0.350 e. The van der Waals surface area contributed by atoms with Gasteiger partial charge in [-0.2, -0.15) is 0 Å². The van der Waals surface area contributed by atoms with Gasteiger partial charge in [0.25, 0.3) is 5.91 Å². The van der Waals surface area contributed by atoms with E-state index in [9.17, 15) is 9.59 Å². The summed E-state index contributed by atoms with van der Waals surface area (Å²) in [5, 5.41) is 8.29. The normalized spacial score (nSPS) is 25.8. The van der Waals surface area contributed by atoms with E-state index in [-0.39, 0.29) is 23.9 Å². The molecule has 2 saturated heterocycles. The summed E-state index contributed by atoms with van der Waals surface area (Å²) in [6.07, 6.45) is 3.78. The van der Waals surface area contributed by atoms with Crippen molar-refractivity contribution in [3.8, 4) is 0 Å². The highest BCUT2D eigenvalue weighted by atomic mass is 32.1. The van der Waals surface area contributed by atoms with Crippen LogP contribution >= 0.6 is 11.3 Å². The van der Waals surface area contributed by atoms with Crippen LogP contribution in [0.4, 0.5) is 0 Å². The van der Waals surface area contributed by atoms with Crippen LogP contribution in [0.1, 0.15) is 35.4 Å². The molecule has 0 aromatic carbocycles. The van der Waals surface area contributed by atoms with Gasteiger partial charge in [0.1, 0.15) is 6.04 Å². The molecule has 2 fully saturated rings. The average molecular weight is 307 g/mol. The molecule has 2 amide bonds. The summed E-state index contributed by atoms with van der Waals surface area (Å²) in [4.78, 5) is 27.4. The molecular weight excluding hydrogens is 286 g/mol. The number of carbonyl (C=O) groups excluding carboxylic acids is 2. The van der Waals surface area contributed by atoms with Crippen molar-refractivity contribution >= 4 is 23.2 Å². The number of rotatable bonds is 3. The Morgan fingerprint density at radius 1 is 1.33 bits per heavy atom. The third-order valence-electron chi connectivity index (χ3n) is 4.19. The Morgan fingerprint density at radius 2 is 2.24 bits per heavy atom. The van der Waals surface area contributed by atoms with Gasteiger partial charge in [0.2, 0.25) is 5.91 Å². The minimum atomic E-state index is -0.304. The van der Waals surface area contributed by atoms with Crippen LogP contribution in [0.2, 0.25) is 0 Å². The highest BCUT2D eigenvalue weighted by Gasteiger charge is 2.35. The van der Waals surface area contributed by atoms with E-state index in [1.54, 1.807) is 4.90 Å². The van der Waals surface area contributed by atoms with Gasteiger partial charge in [-0.05, 0) is 43.7 Å². The van der Waals surface area contributed by atoms with E-state index in [1.165, 1.54) is 11.3 Å². The quantitative estimate of drug-likeness (QED) is 0.883. The van der Waals surface area contributed by atoms with Gasteiger partial charge < -0.3 is 15.5 Å². The summed E-state index contributed by atoms with van der Waals surface area (Å²) >= 11 is 1.43. The molecule has 21 heavy (non-hydrogen) atoms. The molecule has 1 unspecified atom stereocenters. The van der Waals surface area contributed by atoms with Gasteiger partial charge in [-0.25, -0.2) is 0 Å². The first-order valence-electron chi connectivity index (χ1n) is 7.61. The summed E-state index contributed by atoms with van der Waals surface area (Å²) in [5.41, 5.74) is 0. The van der Waals surface area contributed by atoms with E-state index in [1.807, 2.05) is 17.5 Å². The molecule has 2 aliphatic heterocycles. The molecule has 5 nitrogen and oxygen atoms in total. The van der Waals surface area contributed by atoms with E-state index in [0.29, 0.717) is 11.4 Å². The molecule has 2 aliphatic rings. The Balaban J connectivity index is 1.63. The van der Waals surface area contributed by atoms with E-state index in [4.69, 9.17) is 0 Å². The smallest absolute Gasteiger partial charge is 0.264 e. The molecule has 1 aromatic heterocycles. The van der Waals surface area contributed by atoms with Crippen LogP contribution in [0.25, 0.3) is 0 Å². The van der Waals surface area contributed by atoms with E-state index >= 15 is 0 Å². The number of hydrogen-bond donors (Lipinski definition) is 2. The summed E-state index contributed by atoms with van der Waals surface area (Å²) in [6.45, 7) is 2.54. The molecule has 0 radical (unpaired) electrons. The Kier molecular flexibility index (Phi) is 4.55. The number of likely N-dealkylation sites (tertiary alicyclic amines) is 1. The maximum absolute atomic E-state index is 12.5. The topological polar surface area (TPSA) is 61.4 Å². The molecule has 0 bridgehead atoms. The second kappa shape index (κ2) is 6.58. The van der Waals surface area contributed by atoms with E-state index in [0.717, 1.165) is 38.8 Å². The van der Waals surface area contributed by atoms with Crippen LogP contribution < -0.4 is 10.6 Å². The van der Waals surface area contributed by atoms with Crippen molar-refractivity contribution in [1.82, 2.24) is 15.5 Å². The van der Waals surface area contributed by atoms with Crippen molar-refractivity contribution in [3.05, 3.63) is 22.4 Å². The highest BCUT2D eigenvalue weighted by molar-refractivity contribution is 7.12. The number of piperidine rings is 1. The van der Waals surface area contributed by atoms with Crippen molar-refractivity contribution in [1.29, 1.82) is 0 Å².